The molecular weight excluding hydrogens is 130 g/mol. The minimum atomic E-state index is 0.404. The number of hydrogen-bond acceptors (Lipinski definition) is 4. The molecular formula is C6H11N3O. The largest absolute Gasteiger partial charge is 0.367 e. The van der Waals surface area contributed by atoms with E-state index in [-0.39, 0.29) is 0 Å². The molecule has 0 saturated carbocycles. The maximum absolute atomic E-state index is 5.41. The molecule has 3 N–H and O–H groups in total. The van der Waals surface area contributed by atoms with Gasteiger partial charge in [-0.05, 0) is 6.54 Å². The van der Waals surface area contributed by atoms with E-state index < -0.39 is 0 Å². The quantitative estimate of drug-likeness (QED) is 0.638. The van der Waals surface area contributed by atoms with Gasteiger partial charge in [-0.1, -0.05) is 12.1 Å². The molecule has 0 saturated heterocycles. The fourth-order valence-electron chi connectivity index (χ4n) is 0.661. The van der Waals surface area contributed by atoms with Gasteiger partial charge in [0.1, 0.15) is 0 Å². The minimum Gasteiger partial charge on any atom is -0.367 e. The van der Waals surface area contributed by atoms with Crippen LogP contribution >= 0.6 is 0 Å². The van der Waals surface area contributed by atoms with Crippen molar-refractivity contribution in [2.75, 3.05) is 12.3 Å². The summed E-state index contributed by atoms with van der Waals surface area (Å²) in [5.74, 6) is 0.404. The summed E-state index contributed by atoms with van der Waals surface area (Å²) < 4.78 is 4.65. The van der Waals surface area contributed by atoms with E-state index in [9.17, 15) is 0 Å². The first-order valence-electron chi connectivity index (χ1n) is 3.24. The molecule has 4 nitrogen and oxygen atoms in total. The van der Waals surface area contributed by atoms with Gasteiger partial charge in [0.2, 0.25) is 5.88 Å². The Kier molecular flexibility index (Phi) is 2.28. The van der Waals surface area contributed by atoms with E-state index in [0.29, 0.717) is 5.88 Å². The Morgan fingerprint density at radius 2 is 2.60 bits per heavy atom. The zero-order valence-electron chi connectivity index (χ0n) is 5.92. The molecule has 0 bridgehead atoms. The van der Waals surface area contributed by atoms with Crippen LogP contribution in [0.25, 0.3) is 0 Å². The van der Waals surface area contributed by atoms with E-state index >= 15 is 0 Å². The van der Waals surface area contributed by atoms with Crippen LogP contribution in [0.15, 0.2) is 10.7 Å². The van der Waals surface area contributed by atoms with Crippen molar-refractivity contribution in [3.63, 3.8) is 0 Å². The molecule has 0 aliphatic heterocycles. The third-order valence-corrected chi connectivity index (χ3v) is 1.24. The lowest BCUT2D eigenvalue weighted by Crippen LogP contribution is -2.11. The van der Waals surface area contributed by atoms with Gasteiger partial charge in [0.05, 0.1) is 11.8 Å². The summed E-state index contributed by atoms with van der Waals surface area (Å²) in [7, 11) is 0. The maximum atomic E-state index is 5.41. The Labute approximate surface area is 59.4 Å². The van der Waals surface area contributed by atoms with E-state index in [0.717, 1.165) is 18.7 Å². The molecule has 0 amide bonds. The summed E-state index contributed by atoms with van der Waals surface area (Å²) in [5, 5.41) is 6.65. The van der Waals surface area contributed by atoms with Crippen molar-refractivity contribution in [2.45, 2.75) is 13.5 Å². The molecule has 0 aliphatic rings. The number of anilines is 1. The summed E-state index contributed by atoms with van der Waals surface area (Å²) >= 11 is 0. The first-order valence-corrected chi connectivity index (χ1v) is 3.24. The topological polar surface area (TPSA) is 64.1 Å². The molecule has 0 fully saturated rings. The van der Waals surface area contributed by atoms with Crippen LogP contribution in [0.1, 0.15) is 12.5 Å². The van der Waals surface area contributed by atoms with Gasteiger partial charge in [-0.15, -0.1) is 0 Å². The lowest BCUT2D eigenvalue weighted by atomic mass is 10.3. The highest BCUT2D eigenvalue weighted by atomic mass is 16.5. The molecule has 0 aliphatic carbocycles. The molecule has 0 aromatic carbocycles. The zero-order valence-corrected chi connectivity index (χ0v) is 5.92. The van der Waals surface area contributed by atoms with Crippen molar-refractivity contribution in [3.8, 4) is 0 Å². The predicted octanol–water partition coefficient (Wildman–Crippen LogP) is 0.366. The summed E-state index contributed by atoms with van der Waals surface area (Å²) in [6.45, 7) is 3.68. The van der Waals surface area contributed by atoms with Gasteiger partial charge in [-0.2, -0.15) is 0 Å². The highest BCUT2D eigenvalue weighted by Gasteiger charge is 2.00. The summed E-state index contributed by atoms with van der Waals surface area (Å²) in [6.07, 6.45) is 1.62. The Balaban J connectivity index is 2.49. The van der Waals surface area contributed by atoms with Crippen molar-refractivity contribution in [1.82, 2.24) is 10.5 Å². The molecule has 1 rings (SSSR count). The van der Waals surface area contributed by atoms with Crippen LogP contribution in [0.3, 0.4) is 0 Å². The fraction of sp³-hybridized carbons (Fsp3) is 0.500. The monoisotopic (exact) mass is 141 g/mol. The van der Waals surface area contributed by atoms with Crippen molar-refractivity contribution in [1.29, 1.82) is 0 Å². The van der Waals surface area contributed by atoms with E-state index in [4.69, 9.17) is 5.73 Å². The highest BCUT2D eigenvalue weighted by molar-refractivity contribution is 5.32. The Bertz CT molecular complexity index is 197. The minimum absolute atomic E-state index is 0.404. The fourth-order valence-corrected chi connectivity index (χ4v) is 0.661. The van der Waals surface area contributed by atoms with Crippen LogP contribution in [0.5, 0.6) is 0 Å². The second kappa shape index (κ2) is 3.22. The van der Waals surface area contributed by atoms with Gasteiger partial charge in [0.15, 0.2) is 0 Å². The number of nitrogen functional groups attached to an aromatic ring is 1. The Morgan fingerprint density at radius 1 is 1.80 bits per heavy atom. The van der Waals surface area contributed by atoms with E-state index in [2.05, 4.69) is 15.0 Å². The molecule has 4 heteroatoms. The van der Waals surface area contributed by atoms with Gasteiger partial charge in [-0.3, -0.25) is 0 Å². The van der Waals surface area contributed by atoms with Crippen LogP contribution in [0.4, 0.5) is 5.88 Å². The van der Waals surface area contributed by atoms with Gasteiger partial charge in [0, 0.05) is 6.54 Å². The standard InChI is InChI=1S/C6H11N3O/c1-2-8-3-5-4-9-10-6(5)7/h4,8H,2-3,7H2,1H3. The third kappa shape index (κ3) is 1.48. The third-order valence-electron chi connectivity index (χ3n) is 1.24. The maximum Gasteiger partial charge on any atom is 0.226 e. The van der Waals surface area contributed by atoms with Crippen LogP contribution in [0, 0.1) is 0 Å². The smallest absolute Gasteiger partial charge is 0.226 e. The van der Waals surface area contributed by atoms with Crippen molar-refractivity contribution >= 4 is 5.88 Å². The number of hydrogen-bond donors (Lipinski definition) is 2. The number of nitrogens with zero attached hydrogens (tertiary/aromatic N) is 1. The summed E-state index contributed by atoms with van der Waals surface area (Å²) in [6, 6.07) is 0. The van der Waals surface area contributed by atoms with Crippen molar-refractivity contribution in [2.24, 2.45) is 0 Å². The van der Waals surface area contributed by atoms with Crippen LogP contribution in [0.2, 0.25) is 0 Å². The lowest BCUT2D eigenvalue weighted by Gasteiger charge is -1.95. The molecule has 56 valence electrons. The van der Waals surface area contributed by atoms with Crippen LogP contribution in [-0.2, 0) is 6.54 Å². The molecule has 1 heterocycles. The molecule has 10 heavy (non-hydrogen) atoms. The number of nitrogens with two attached hydrogens (primary N) is 1. The Morgan fingerprint density at radius 3 is 3.10 bits per heavy atom. The molecule has 0 unspecified atom stereocenters. The Hall–Kier alpha value is -1.03. The SMILES string of the molecule is CCNCc1cnoc1N. The second-order valence-electron chi connectivity index (χ2n) is 2.00. The van der Waals surface area contributed by atoms with Gasteiger partial charge in [-0.25, -0.2) is 0 Å². The highest BCUT2D eigenvalue weighted by Crippen LogP contribution is 2.07. The van der Waals surface area contributed by atoms with E-state index in [1.54, 1.807) is 6.20 Å². The lowest BCUT2D eigenvalue weighted by molar-refractivity contribution is 0.435. The molecule has 0 radical (unpaired) electrons. The average molecular weight is 141 g/mol. The van der Waals surface area contributed by atoms with Crippen LogP contribution in [-0.4, -0.2) is 11.7 Å². The number of nitrogens with one attached hydrogen (secondary N) is 1. The van der Waals surface area contributed by atoms with E-state index in [1.807, 2.05) is 6.92 Å². The molecule has 0 atom stereocenters. The average Bonchev–Trinajstić information content (AvgIpc) is 2.31. The number of rotatable bonds is 3. The number of aromatic nitrogens is 1. The summed E-state index contributed by atoms with van der Waals surface area (Å²) in [5.41, 5.74) is 6.33. The molecule has 0 spiro atoms. The second-order valence-corrected chi connectivity index (χ2v) is 2.00. The van der Waals surface area contributed by atoms with Crippen molar-refractivity contribution < 1.29 is 4.52 Å². The van der Waals surface area contributed by atoms with Gasteiger partial charge >= 0.3 is 0 Å². The van der Waals surface area contributed by atoms with Gasteiger partial charge < -0.3 is 15.6 Å². The normalized spacial score (nSPS) is 10.1. The van der Waals surface area contributed by atoms with Crippen LogP contribution < -0.4 is 11.1 Å². The molecule has 1 aromatic heterocycles. The molecule has 1 aromatic rings. The van der Waals surface area contributed by atoms with E-state index in [1.165, 1.54) is 0 Å². The van der Waals surface area contributed by atoms with Crippen molar-refractivity contribution in [3.05, 3.63) is 11.8 Å². The summed E-state index contributed by atoms with van der Waals surface area (Å²) in [4.78, 5) is 0. The predicted molar refractivity (Wildman–Crippen MR) is 38.3 cm³/mol. The first-order chi connectivity index (χ1) is 4.84. The zero-order chi connectivity index (χ0) is 7.40. The first kappa shape index (κ1) is 7.08. The van der Waals surface area contributed by atoms with Gasteiger partial charge in [0.25, 0.3) is 0 Å².